The van der Waals surface area contributed by atoms with Gasteiger partial charge >= 0.3 is 0 Å². The van der Waals surface area contributed by atoms with E-state index in [4.69, 9.17) is 5.84 Å². The Morgan fingerprint density at radius 2 is 2.10 bits per heavy atom. The predicted molar refractivity (Wildman–Crippen MR) is 73.6 cm³/mol. The minimum Gasteiger partial charge on any atom is -0.358 e. The maximum Gasteiger partial charge on any atom is 0.251 e. The Morgan fingerprint density at radius 3 is 2.65 bits per heavy atom. The van der Waals surface area contributed by atoms with Crippen LogP contribution >= 0.6 is 0 Å². The van der Waals surface area contributed by atoms with Crippen LogP contribution in [-0.4, -0.2) is 39.8 Å². The molecule has 1 aliphatic heterocycles. The molecule has 8 heteroatoms. The van der Waals surface area contributed by atoms with Gasteiger partial charge in [-0.15, -0.1) is 0 Å². The normalized spacial score (nSPS) is 18.6. The molecule has 8 nitrogen and oxygen atoms in total. The van der Waals surface area contributed by atoms with Crippen LogP contribution in [-0.2, 0) is 16.0 Å². The lowest BCUT2D eigenvalue weighted by atomic mass is 10.1. The molecule has 4 N–H and O–H groups in total. The van der Waals surface area contributed by atoms with Crippen LogP contribution in [0.2, 0.25) is 0 Å². The smallest absolute Gasteiger partial charge is 0.251 e. The van der Waals surface area contributed by atoms with Crippen LogP contribution in [0.1, 0.15) is 25.3 Å². The van der Waals surface area contributed by atoms with Gasteiger partial charge in [0.25, 0.3) is 5.91 Å². The molecule has 0 spiro atoms. The van der Waals surface area contributed by atoms with E-state index in [9.17, 15) is 9.59 Å². The lowest BCUT2D eigenvalue weighted by molar-refractivity contribution is -0.136. The summed E-state index contributed by atoms with van der Waals surface area (Å²) < 4.78 is 0. The summed E-state index contributed by atoms with van der Waals surface area (Å²) in [5.74, 6) is 6.04. The maximum absolute atomic E-state index is 11.9. The third-order valence-corrected chi connectivity index (χ3v) is 3.27. The van der Waals surface area contributed by atoms with Crippen LogP contribution in [0.5, 0.6) is 0 Å². The number of carbonyl (C=O) groups excluding carboxylic acids is 2. The molecule has 20 heavy (non-hydrogen) atoms. The Bertz CT molecular complexity index is 533. The molecule has 0 radical (unpaired) electrons. The Kier molecular flexibility index (Phi) is 4.14. The molecule has 0 bridgehead atoms. The highest BCUT2D eigenvalue weighted by Gasteiger charge is 2.36. The lowest BCUT2D eigenvalue weighted by Crippen LogP contribution is -2.32. The van der Waals surface area contributed by atoms with E-state index < -0.39 is 6.04 Å². The SMILES string of the molecule is CCCc1c(NN)ncnc1NC1CC(=O)N(C)C1=O. The van der Waals surface area contributed by atoms with Gasteiger partial charge in [0.05, 0.1) is 6.42 Å². The van der Waals surface area contributed by atoms with E-state index in [1.165, 1.54) is 13.4 Å². The molecular weight excluding hydrogens is 260 g/mol. The molecule has 2 heterocycles. The number of anilines is 2. The van der Waals surface area contributed by atoms with Gasteiger partial charge in [0.1, 0.15) is 24.0 Å². The highest BCUT2D eigenvalue weighted by molar-refractivity contribution is 6.06. The zero-order valence-corrected chi connectivity index (χ0v) is 11.5. The van der Waals surface area contributed by atoms with Crippen LogP contribution in [0.15, 0.2) is 6.33 Å². The van der Waals surface area contributed by atoms with Crippen molar-refractivity contribution in [1.82, 2.24) is 14.9 Å². The molecule has 1 fully saturated rings. The summed E-state index contributed by atoms with van der Waals surface area (Å²) >= 11 is 0. The number of hydrogen-bond donors (Lipinski definition) is 3. The van der Waals surface area contributed by atoms with Gasteiger partial charge < -0.3 is 10.7 Å². The number of imide groups is 1. The number of nitrogen functional groups attached to an aromatic ring is 1. The second kappa shape index (κ2) is 5.83. The number of nitrogens with zero attached hydrogens (tertiary/aromatic N) is 3. The van der Waals surface area contributed by atoms with E-state index in [-0.39, 0.29) is 18.2 Å². The van der Waals surface area contributed by atoms with Gasteiger partial charge in [-0.2, -0.15) is 0 Å². The number of hydrogen-bond acceptors (Lipinski definition) is 7. The fraction of sp³-hybridized carbons (Fsp3) is 0.500. The van der Waals surface area contributed by atoms with E-state index in [2.05, 4.69) is 20.7 Å². The van der Waals surface area contributed by atoms with E-state index >= 15 is 0 Å². The van der Waals surface area contributed by atoms with Crippen LogP contribution in [0.25, 0.3) is 0 Å². The molecule has 0 aliphatic carbocycles. The highest BCUT2D eigenvalue weighted by atomic mass is 16.2. The van der Waals surface area contributed by atoms with Crippen molar-refractivity contribution in [1.29, 1.82) is 0 Å². The van der Waals surface area contributed by atoms with Gasteiger partial charge in [0, 0.05) is 12.6 Å². The largest absolute Gasteiger partial charge is 0.358 e. The second-order valence-electron chi connectivity index (χ2n) is 4.64. The summed E-state index contributed by atoms with van der Waals surface area (Å²) in [5, 5.41) is 3.02. The Morgan fingerprint density at radius 1 is 1.40 bits per heavy atom. The molecule has 2 amide bonds. The zero-order valence-electron chi connectivity index (χ0n) is 11.5. The number of likely N-dealkylation sites (N-methyl/N-ethyl adjacent to an activating group) is 1. The average molecular weight is 278 g/mol. The van der Waals surface area contributed by atoms with E-state index in [0.717, 1.165) is 16.9 Å². The first-order valence-electron chi connectivity index (χ1n) is 6.45. The molecule has 2 rings (SSSR count). The standard InChI is InChI=1S/C12H18N6O2/c1-3-4-7-10(14-6-15-11(7)17-13)16-8-5-9(19)18(2)12(8)20/h6,8H,3-5,13H2,1-2H3,(H2,14,15,16,17). The second-order valence-corrected chi connectivity index (χ2v) is 4.64. The summed E-state index contributed by atoms with van der Waals surface area (Å²) in [6, 6.07) is -0.580. The number of nitrogens with one attached hydrogen (secondary N) is 2. The summed E-state index contributed by atoms with van der Waals surface area (Å²) in [6.45, 7) is 2.02. The monoisotopic (exact) mass is 278 g/mol. The van der Waals surface area contributed by atoms with Gasteiger partial charge in [0.15, 0.2) is 0 Å². The highest BCUT2D eigenvalue weighted by Crippen LogP contribution is 2.23. The minimum atomic E-state index is -0.580. The number of hydrazine groups is 1. The third kappa shape index (κ3) is 2.55. The zero-order chi connectivity index (χ0) is 14.7. The molecule has 1 aliphatic rings. The predicted octanol–water partition coefficient (Wildman–Crippen LogP) is -0.116. The quantitative estimate of drug-likeness (QED) is 0.391. The molecule has 1 atom stereocenters. The molecule has 1 aromatic heterocycles. The molecule has 0 aromatic carbocycles. The van der Waals surface area contributed by atoms with Crippen LogP contribution in [0.4, 0.5) is 11.6 Å². The van der Waals surface area contributed by atoms with Crippen molar-refractivity contribution < 1.29 is 9.59 Å². The van der Waals surface area contributed by atoms with E-state index in [0.29, 0.717) is 18.1 Å². The van der Waals surface area contributed by atoms with Crippen molar-refractivity contribution in [3.8, 4) is 0 Å². The number of amides is 2. The van der Waals surface area contributed by atoms with Crippen molar-refractivity contribution in [2.75, 3.05) is 17.8 Å². The summed E-state index contributed by atoms with van der Waals surface area (Å²) in [6.07, 6.45) is 3.10. The molecule has 1 aromatic rings. The Balaban J connectivity index is 2.25. The number of likely N-dealkylation sites (tertiary alicyclic amines) is 1. The van der Waals surface area contributed by atoms with Crippen molar-refractivity contribution in [2.24, 2.45) is 5.84 Å². The van der Waals surface area contributed by atoms with Gasteiger partial charge in [0.2, 0.25) is 5.91 Å². The fourth-order valence-corrected chi connectivity index (χ4v) is 2.18. The van der Waals surface area contributed by atoms with Crippen LogP contribution in [0, 0.1) is 0 Å². The van der Waals surface area contributed by atoms with E-state index in [1.807, 2.05) is 6.92 Å². The number of nitrogens with two attached hydrogens (primary N) is 1. The Hall–Kier alpha value is -2.22. The minimum absolute atomic E-state index is 0.135. The summed E-state index contributed by atoms with van der Waals surface area (Å²) in [5.41, 5.74) is 3.33. The van der Waals surface area contributed by atoms with Crippen molar-refractivity contribution in [3.63, 3.8) is 0 Å². The maximum atomic E-state index is 11.9. The van der Waals surface area contributed by atoms with Gasteiger partial charge in [-0.1, -0.05) is 13.3 Å². The molecule has 1 saturated heterocycles. The first-order valence-corrected chi connectivity index (χ1v) is 6.45. The summed E-state index contributed by atoms with van der Waals surface area (Å²) in [4.78, 5) is 32.8. The number of aromatic nitrogens is 2. The van der Waals surface area contributed by atoms with Gasteiger partial charge in [-0.05, 0) is 6.42 Å². The van der Waals surface area contributed by atoms with Crippen LogP contribution < -0.4 is 16.6 Å². The number of carbonyl (C=O) groups is 2. The first kappa shape index (κ1) is 14.2. The van der Waals surface area contributed by atoms with Crippen molar-refractivity contribution in [2.45, 2.75) is 32.2 Å². The topological polar surface area (TPSA) is 113 Å². The third-order valence-electron chi connectivity index (χ3n) is 3.27. The molecule has 0 saturated carbocycles. The van der Waals surface area contributed by atoms with Gasteiger partial charge in [-0.25, -0.2) is 15.8 Å². The molecule has 1 unspecified atom stereocenters. The Labute approximate surface area is 116 Å². The lowest BCUT2D eigenvalue weighted by Gasteiger charge is -2.16. The first-order chi connectivity index (χ1) is 9.58. The fourth-order valence-electron chi connectivity index (χ4n) is 2.18. The van der Waals surface area contributed by atoms with Gasteiger partial charge in [-0.3, -0.25) is 14.5 Å². The van der Waals surface area contributed by atoms with E-state index in [1.54, 1.807) is 0 Å². The number of rotatable bonds is 5. The summed E-state index contributed by atoms with van der Waals surface area (Å²) in [7, 11) is 1.48. The van der Waals surface area contributed by atoms with Crippen molar-refractivity contribution >= 4 is 23.5 Å². The average Bonchev–Trinajstić information content (AvgIpc) is 2.68. The van der Waals surface area contributed by atoms with Crippen LogP contribution in [0.3, 0.4) is 0 Å². The molecular formula is C12H18N6O2. The van der Waals surface area contributed by atoms with Crippen molar-refractivity contribution in [3.05, 3.63) is 11.9 Å². The molecule has 108 valence electrons.